The lowest BCUT2D eigenvalue weighted by Crippen LogP contribution is -2.28. The van der Waals surface area contributed by atoms with Crippen molar-refractivity contribution in [3.8, 4) is 5.69 Å². The van der Waals surface area contributed by atoms with Gasteiger partial charge in [0, 0.05) is 11.6 Å². The highest BCUT2D eigenvalue weighted by atomic mass is 79.9. The zero-order valence-electron chi connectivity index (χ0n) is 18.7. The van der Waals surface area contributed by atoms with Crippen LogP contribution in [-0.2, 0) is 11.2 Å². The van der Waals surface area contributed by atoms with Crippen LogP contribution in [0.4, 0.5) is 5.82 Å². The molecule has 0 aliphatic heterocycles. The first-order valence-electron chi connectivity index (χ1n) is 10.7. The Bertz CT molecular complexity index is 1210. The van der Waals surface area contributed by atoms with Gasteiger partial charge in [0.2, 0.25) is 0 Å². The fourth-order valence-electron chi connectivity index (χ4n) is 3.69. The van der Waals surface area contributed by atoms with Gasteiger partial charge in [0.05, 0.1) is 18.3 Å². The predicted molar refractivity (Wildman–Crippen MR) is 130 cm³/mol. The maximum atomic E-state index is 5.46. The molecule has 0 fully saturated rings. The SMILES string of the molecule is COC[C@H](Cc1ccccc1)Nc1nc(C)nc2c1nnn2-c1ccc(C(C)C)cc1Br. The summed E-state index contributed by atoms with van der Waals surface area (Å²) in [5.41, 5.74) is 4.65. The number of nitrogens with one attached hydrogen (secondary N) is 1. The van der Waals surface area contributed by atoms with Gasteiger partial charge in [0.15, 0.2) is 17.0 Å². The van der Waals surface area contributed by atoms with E-state index in [1.165, 1.54) is 11.1 Å². The summed E-state index contributed by atoms with van der Waals surface area (Å²) in [7, 11) is 1.70. The van der Waals surface area contributed by atoms with Crippen LogP contribution in [0.15, 0.2) is 53.0 Å². The summed E-state index contributed by atoms with van der Waals surface area (Å²) >= 11 is 3.69. The molecule has 32 heavy (non-hydrogen) atoms. The maximum Gasteiger partial charge on any atom is 0.189 e. The molecule has 1 atom stereocenters. The van der Waals surface area contributed by atoms with Gasteiger partial charge >= 0.3 is 0 Å². The number of anilines is 1. The quantitative estimate of drug-likeness (QED) is 0.368. The summed E-state index contributed by atoms with van der Waals surface area (Å²) in [6, 6.07) is 16.6. The lowest BCUT2D eigenvalue weighted by atomic mass is 10.0. The summed E-state index contributed by atoms with van der Waals surface area (Å²) < 4.78 is 8.16. The molecule has 0 spiro atoms. The Morgan fingerprint density at radius 3 is 2.56 bits per heavy atom. The molecule has 4 rings (SSSR count). The number of hydrogen-bond donors (Lipinski definition) is 1. The van der Waals surface area contributed by atoms with Crippen molar-refractivity contribution in [1.29, 1.82) is 0 Å². The number of fused-ring (bicyclic) bond motifs is 1. The molecule has 7 nitrogen and oxygen atoms in total. The summed E-state index contributed by atoms with van der Waals surface area (Å²) in [6.07, 6.45) is 0.801. The van der Waals surface area contributed by atoms with E-state index < -0.39 is 0 Å². The summed E-state index contributed by atoms with van der Waals surface area (Å²) in [4.78, 5) is 9.27. The number of benzene rings is 2. The van der Waals surface area contributed by atoms with Crippen LogP contribution in [0, 0.1) is 6.92 Å². The predicted octanol–water partition coefficient (Wildman–Crippen LogP) is 5.07. The third kappa shape index (κ3) is 4.81. The average Bonchev–Trinajstić information content (AvgIpc) is 3.18. The van der Waals surface area contributed by atoms with Crippen LogP contribution in [0.2, 0.25) is 0 Å². The minimum absolute atomic E-state index is 0.0297. The van der Waals surface area contributed by atoms with Crippen molar-refractivity contribution in [1.82, 2.24) is 25.0 Å². The molecule has 0 aliphatic carbocycles. The van der Waals surface area contributed by atoms with Gasteiger partial charge in [-0.2, -0.15) is 4.68 Å². The highest BCUT2D eigenvalue weighted by Crippen LogP contribution is 2.28. The molecular formula is C24H27BrN6O. The summed E-state index contributed by atoms with van der Waals surface area (Å²) in [6.45, 7) is 6.76. The monoisotopic (exact) mass is 494 g/mol. The van der Waals surface area contributed by atoms with Gasteiger partial charge in [-0.25, -0.2) is 9.97 Å². The number of rotatable bonds is 8. The zero-order valence-corrected chi connectivity index (χ0v) is 20.3. The topological polar surface area (TPSA) is 77.8 Å². The summed E-state index contributed by atoms with van der Waals surface area (Å²) in [5.74, 6) is 1.75. The molecule has 0 amide bonds. The van der Waals surface area contributed by atoms with Crippen LogP contribution < -0.4 is 5.32 Å². The van der Waals surface area contributed by atoms with Crippen molar-refractivity contribution < 1.29 is 4.74 Å². The first-order valence-corrected chi connectivity index (χ1v) is 11.4. The number of ether oxygens (including phenoxy) is 1. The molecule has 1 N–H and O–H groups in total. The van der Waals surface area contributed by atoms with Crippen LogP contribution in [0.3, 0.4) is 0 Å². The largest absolute Gasteiger partial charge is 0.383 e. The van der Waals surface area contributed by atoms with Crippen molar-refractivity contribution in [3.63, 3.8) is 0 Å². The van der Waals surface area contributed by atoms with Gasteiger partial charge in [-0.05, 0) is 58.5 Å². The second-order valence-corrected chi connectivity index (χ2v) is 9.00. The molecular weight excluding hydrogens is 468 g/mol. The number of aromatic nitrogens is 5. The minimum atomic E-state index is 0.0297. The van der Waals surface area contributed by atoms with E-state index in [0.717, 1.165) is 16.6 Å². The molecule has 2 aromatic carbocycles. The lowest BCUT2D eigenvalue weighted by molar-refractivity contribution is 0.185. The van der Waals surface area contributed by atoms with E-state index in [1.807, 2.05) is 31.2 Å². The van der Waals surface area contributed by atoms with E-state index >= 15 is 0 Å². The van der Waals surface area contributed by atoms with Crippen LogP contribution in [0.5, 0.6) is 0 Å². The molecule has 0 saturated carbocycles. The van der Waals surface area contributed by atoms with Gasteiger partial charge in [-0.1, -0.05) is 55.5 Å². The minimum Gasteiger partial charge on any atom is -0.383 e. The number of nitrogens with zero attached hydrogens (tertiary/aromatic N) is 5. The molecule has 166 valence electrons. The van der Waals surface area contributed by atoms with E-state index in [9.17, 15) is 0 Å². The third-order valence-electron chi connectivity index (χ3n) is 5.31. The Morgan fingerprint density at radius 1 is 1.09 bits per heavy atom. The number of aryl methyl sites for hydroxylation is 1. The van der Waals surface area contributed by atoms with Gasteiger partial charge in [-0.15, -0.1) is 5.10 Å². The Kier molecular flexibility index (Phi) is 6.81. The van der Waals surface area contributed by atoms with Crippen LogP contribution >= 0.6 is 15.9 Å². The molecule has 8 heteroatoms. The zero-order chi connectivity index (χ0) is 22.7. The van der Waals surface area contributed by atoms with Crippen molar-refractivity contribution in [2.45, 2.75) is 39.2 Å². The van der Waals surface area contributed by atoms with Gasteiger partial charge in [0.1, 0.15) is 5.82 Å². The second-order valence-electron chi connectivity index (χ2n) is 8.14. The number of hydrogen-bond acceptors (Lipinski definition) is 6. The summed E-state index contributed by atoms with van der Waals surface area (Å²) in [5, 5.41) is 12.3. The smallest absolute Gasteiger partial charge is 0.189 e. The molecule has 0 aliphatic rings. The molecule has 0 radical (unpaired) electrons. The third-order valence-corrected chi connectivity index (χ3v) is 5.95. The fourth-order valence-corrected chi connectivity index (χ4v) is 4.25. The number of halogens is 1. The van der Waals surface area contributed by atoms with Crippen LogP contribution in [0.25, 0.3) is 16.9 Å². The molecule has 0 unspecified atom stereocenters. The lowest BCUT2D eigenvalue weighted by Gasteiger charge is -2.19. The van der Waals surface area contributed by atoms with E-state index in [4.69, 9.17) is 4.74 Å². The molecule has 2 heterocycles. The Morgan fingerprint density at radius 2 is 1.88 bits per heavy atom. The van der Waals surface area contributed by atoms with Crippen molar-refractivity contribution in [3.05, 3.63) is 70.0 Å². The first kappa shape index (κ1) is 22.4. The highest BCUT2D eigenvalue weighted by molar-refractivity contribution is 9.10. The van der Waals surface area contributed by atoms with Gasteiger partial charge in [-0.3, -0.25) is 0 Å². The van der Waals surface area contributed by atoms with Gasteiger partial charge in [0.25, 0.3) is 0 Å². The average molecular weight is 495 g/mol. The van der Waals surface area contributed by atoms with Crippen LogP contribution in [-0.4, -0.2) is 44.7 Å². The van der Waals surface area contributed by atoms with Crippen molar-refractivity contribution in [2.75, 3.05) is 19.0 Å². The number of methoxy groups -OCH3 is 1. The Hall–Kier alpha value is -2.84. The van der Waals surface area contributed by atoms with E-state index in [1.54, 1.807) is 11.8 Å². The Labute approximate surface area is 196 Å². The van der Waals surface area contributed by atoms with Crippen molar-refractivity contribution >= 4 is 32.9 Å². The first-order chi connectivity index (χ1) is 15.5. The highest BCUT2D eigenvalue weighted by Gasteiger charge is 2.19. The van der Waals surface area contributed by atoms with E-state index in [0.29, 0.717) is 35.3 Å². The van der Waals surface area contributed by atoms with Crippen molar-refractivity contribution in [2.24, 2.45) is 0 Å². The molecule has 2 aromatic heterocycles. The van der Waals surface area contributed by atoms with E-state index in [2.05, 4.69) is 79.6 Å². The standard InChI is InChI=1S/C24H27BrN6O/c1-15(2)18-10-11-21(20(25)13-18)31-24-22(29-30-31)23(26-16(3)27-24)28-19(14-32-4)12-17-8-6-5-7-9-17/h5-11,13,15,19H,12,14H2,1-4H3,(H,26,27,28)/t19-/m0/s1. The molecule has 0 saturated heterocycles. The normalized spacial score (nSPS) is 12.4. The Balaban J connectivity index is 1.70. The van der Waals surface area contributed by atoms with Crippen LogP contribution in [0.1, 0.15) is 36.7 Å². The second kappa shape index (κ2) is 9.75. The van der Waals surface area contributed by atoms with E-state index in [-0.39, 0.29) is 6.04 Å². The fraction of sp³-hybridized carbons (Fsp3) is 0.333. The molecule has 4 aromatic rings. The molecule has 0 bridgehead atoms. The maximum absolute atomic E-state index is 5.46. The van der Waals surface area contributed by atoms with Gasteiger partial charge < -0.3 is 10.1 Å².